The van der Waals surface area contributed by atoms with Crippen molar-refractivity contribution in [3.05, 3.63) is 0 Å². The van der Waals surface area contributed by atoms with Crippen LogP contribution in [0.5, 0.6) is 0 Å². The lowest BCUT2D eigenvalue weighted by atomic mass is 10.2. The van der Waals surface area contributed by atoms with Gasteiger partial charge in [-0.25, -0.2) is 0 Å². The van der Waals surface area contributed by atoms with Crippen LogP contribution in [0.15, 0.2) is 4.99 Å². The minimum Gasteiger partial charge on any atom is -0.357 e. The van der Waals surface area contributed by atoms with E-state index in [0.29, 0.717) is 18.5 Å². The van der Waals surface area contributed by atoms with Gasteiger partial charge in [-0.05, 0) is 52.1 Å². The van der Waals surface area contributed by atoms with E-state index >= 15 is 0 Å². The Morgan fingerprint density at radius 2 is 2.04 bits per heavy atom. The van der Waals surface area contributed by atoms with Gasteiger partial charge in [0, 0.05) is 31.6 Å². The minimum atomic E-state index is 0.181. The van der Waals surface area contributed by atoms with Crippen molar-refractivity contribution in [3.63, 3.8) is 0 Å². The molecule has 0 radical (unpaired) electrons. The standard InChI is InChI=1S/C17H33N5O/c1-3-18-17(20-13-15-7-6-12-22(15)4-2)19-11-5-8-16(23)21-14-9-10-14/h14-15H,3-13H2,1-2H3,(H,21,23)(H2,18,19,20). The Morgan fingerprint density at radius 1 is 1.22 bits per heavy atom. The van der Waals surface area contributed by atoms with Crippen LogP contribution in [-0.4, -0.2) is 61.6 Å². The molecule has 2 rings (SSSR count). The number of carbonyl (C=O) groups is 1. The number of nitrogens with zero attached hydrogens (tertiary/aromatic N) is 2. The molecule has 6 heteroatoms. The smallest absolute Gasteiger partial charge is 0.220 e. The second-order valence-corrected chi connectivity index (χ2v) is 6.52. The number of aliphatic imine (C=N–C) groups is 1. The molecule has 6 nitrogen and oxygen atoms in total. The zero-order chi connectivity index (χ0) is 16.5. The van der Waals surface area contributed by atoms with Crippen LogP contribution in [0.4, 0.5) is 0 Å². The van der Waals surface area contributed by atoms with Crippen molar-refractivity contribution in [1.82, 2.24) is 20.9 Å². The highest BCUT2D eigenvalue weighted by molar-refractivity contribution is 5.80. The van der Waals surface area contributed by atoms with E-state index in [1.165, 1.54) is 19.4 Å². The Kier molecular flexibility index (Phi) is 7.65. The van der Waals surface area contributed by atoms with Crippen LogP contribution in [0.1, 0.15) is 52.4 Å². The van der Waals surface area contributed by atoms with Gasteiger partial charge in [0.05, 0.1) is 6.54 Å². The number of amides is 1. The van der Waals surface area contributed by atoms with E-state index in [4.69, 9.17) is 4.99 Å². The van der Waals surface area contributed by atoms with Crippen molar-refractivity contribution < 1.29 is 4.79 Å². The molecule has 1 saturated heterocycles. The average molecular weight is 323 g/mol. The Morgan fingerprint density at radius 3 is 2.74 bits per heavy atom. The molecule has 0 bridgehead atoms. The minimum absolute atomic E-state index is 0.181. The van der Waals surface area contributed by atoms with E-state index in [2.05, 4.69) is 34.7 Å². The Bertz CT molecular complexity index is 394. The Balaban J connectivity index is 1.65. The number of hydrogen-bond donors (Lipinski definition) is 3. The maximum atomic E-state index is 11.6. The highest BCUT2D eigenvalue weighted by atomic mass is 16.1. The summed E-state index contributed by atoms with van der Waals surface area (Å²) >= 11 is 0. The number of likely N-dealkylation sites (tertiary alicyclic amines) is 1. The Labute approximate surface area is 140 Å². The summed E-state index contributed by atoms with van der Waals surface area (Å²) in [5.74, 6) is 1.05. The third kappa shape index (κ3) is 6.77. The van der Waals surface area contributed by atoms with Gasteiger partial charge in [0.1, 0.15) is 0 Å². The van der Waals surface area contributed by atoms with Crippen LogP contribution in [-0.2, 0) is 4.79 Å². The van der Waals surface area contributed by atoms with Crippen LogP contribution < -0.4 is 16.0 Å². The molecule has 1 unspecified atom stereocenters. The topological polar surface area (TPSA) is 68.8 Å². The molecule has 1 atom stereocenters. The van der Waals surface area contributed by atoms with Crippen LogP contribution >= 0.6 is 0 Å². The molecule has 1 aliphatic carbocycles. The highest BCUT2D eigenvalue weighted by Gasteiger charge is 2.23. The van der Waals surface area contributed by atoms with Crippen molar-refractivity contribution in [3.8, 4) is 0 Å². The van der Waals surface area contributed by atoms with Gasteiger partial charge in [0.2, 0.25) is 5.91 Å². The molecule has 1 saturated carbocycles. The van der Waals surface area contributed by atoms with E-state index in [9.17, 15) is 4.79 Å². The van der Waals surface area contributed by atoms with Crippen molar-refractivity contribution in [1.29, 1.82) is 0 Å². The second kappa shape index (κ2) is 9.75. The van der Waals surface area contributed by atoms with Crippen molar-refractivity contribution >= 4 is 11.9 Å². The number of rotatable bonds is 9. The molecule has 0 aromatic rings. The molecule has 1 heterocycles. The fourth-order valence-electron chi connectivity index (χ4n) is 3.04. The molecule has 1 amide bonds. The van der Waals surface area contributed by atoms with Gasteiger partial charge in [0.15, 0.2) is 5.96 Å². The van der Waals surface area contributed by atoms with Gasteiger partial charge < -0.3 is 16.0 Å². The third-order valence-corrected chi connectivity index (χ3v) is 4.53. The molecule has 3 N–H and O–H groups in total. The van der Waals surface area contributed by atoms with E-state index in [0.717, 1.165) is 51.4 Å². The predicted octanol–water partition coefficient (Wildman–Crippen LogP) is 1.08. The third-order valence-electron chi connectivity index (χ3n) is 4.53. The van der Waals surface area contributed by atoms with E-state index in [-0.39, 0.29) is 5.91 Å². The van der Waals surface area contributed by atoms with Gasteiger partial charge in [-0.15, -0.1) is 0 Å². The summed E-state index contributed by atoms with van der Waals surface area (Å²) in [6.07, 6.45) is 6.27. The normalized spacial score (nSPS) is 22.2. The van der Waals surface area contributed by atoms with Crippen molar-refractivity contribution in [2.75, 3.05) is 32.7 Å². The fourth-order valence-corrected chi connectivity index (χ4v) is 3.04. The first kappa shape index (κ1) is 18.0. The maximum Gasteiger partial charge on any atom is 0.220 e. The van der Waals surface area contributed by atoms with Crippen molar-refractivity contribution in [2.24, 2.45) is 4.99 Å². The lowest BCUT2D eigenvalue weighted by molar-refractivity contribution is -0.121. The Hall–Kier alpha value is -1.30. The molecule has 2 aliphatic rings. The largest absolute Gasteiger partial charge is 0.357 e. The molecule has 1 aliphatic heterocycles. The van der Waals surface area contributed by atoms with E-state index in [1.54, 1.807) is 0 Å². The van der Waals surface area contributed by atoms with Crippen LogP contribution in [0.3, 0.4) is 0 Å². The number of hydrogen-bond acceptors (Lipinski definition) is 3. The van der Waals surface area contributed by atoms with Crippen LogP contribution in [0.2, 0.25) is 0 Å². The zero-order valence-corrected chi connectivity index (χ0v) is 14.7. The van der Waals surface area contributed by atoms with Crippen LogP contribution in [0, 0.1) is 0 Å². The first-order chi connectivity index (χ1) is 11.2. The second-order valence-electron chi connectivity index (χ2n) is 6.52. The predicted molar refractivity (Wildman–Crippen MR) is 94.6 cm³/mol. The van der Waals surface area contributed by atoms with Crippen molar-refractivity contribution in [2.45, 2.75) is 64.5 Å². The fraction of sp³-hybridized carbons (Fsp3) is 0.882. The summed E-state index contributed by atoms with van der Waals surface area (Å²) in [7, 11) is 0. The summed E-state index contributed by atoms with van der Waals surface area (Å²) in [6, 6.07) is 1.04. The lowest BCUT2D eigenvalue weighted by Gasteiger charge is -2.21. The number of carbonyl (C=O) groups excluding carboxylic acids is 1. The highest BCUT2D eigenvalue weighted by Crippen LogP contribution is 2.18. The summed E-state index contributed by atoms with van der Waals surface area (Å²) in [5.41, 5.74) is 0. The molecule has 0 spiro atoms. The SMILES string of the molecule is CCNC(=NCC1CCCN1CC)NCCCC(=O)NC1CC1. The van der Waals surface area contributed by atoms with Gasteiger partial charge in [-0.3, -0.25) is 14.7 Å². The first-order valence-electron chi connectivity index (χ1n) is 9.28. The van der Waals surface area contributed by atoms with Crippen LogP contribution in [0.25, 0.3) is 0 Å². The monoisotopic (exact) mass is 323 g/mol. The van der Waals surface area contributed by atoms with Gasteiger partial charge in [0.25, 0.3) is 0 Å². The summed E-state index contributed by atoms with van der Waals surface area (Å²) in [4.78, 5) is 18.9. The molecule has 132 valence electrons. The van der Waals surface area contributed by atoms with E-state index < -0.39 is 0 Å². The van der Waals surface area contributed by atoms with Gasteiger partial charge in [-0.2, -0.15) is 0 Å². The quantitative estimate of drug-likeness (QED) is 0.337. The molecule has 0 aromatic carbocycles. The molecule has 2 fully saturated rings. The first-order valence-corrected chi connectivity index (χ1v) is 9.28. The number of guanidine groups is 1. The zero-order valence-electron chi connectivity index (χ0n) is 14.7. The molecular weight excluding hydrogens is 290 g/mol. The molecule has 0 aromatic heterocycles. The lowest BCUT2D eigenvalue weighted by Crippen LogP contribution is -2.40. The maximum absolute atomic E-state index is 11.6. The number of nitrogens with one attached hydrogen (secondary N) is 3. The van der Waals surface area contributed by atoms with Gasteiger partial charge >= 0.3 is 0 Å². The average Bonchev–Trinajstić information content (AvgIpc) is 3.23. The molecular formula is C17H33N5O. The van der Waals surface area contributed by atoms with Gasteiger partial charge in [-0.1, -0.05) is 6.92 Å². The summed E-state index contributed by atoms with van der Waals surface area (Å²) < 4.78 is 0. The number of likely N-dealkylation sites (N-methyl/N-ethyl adjacent to an activating group) is 1. The summed E-state index contributed by atoms with van der Waals surface area (Å²) in [5, 5.41) is 9.65. The molecule has 23 heavy (non-hydrogen) atoms. The van der Waals surface area contributed by atoms with E-state index in [1.807, 2.05) is 0 Å². The summed E-state index contributed by atoms with van der Waals surface area (Å²) in [6.45, 7) is 9.11.